The zero-order valence-electron chi connectivity index (χ0n) is 14.7. The van der Waals surface area contributed by atoms with E-state index in [9.17, 15) is 4.79 Å². The first-order valence-electron chi connectivity index (χ1n) is 7.89. The fraction of sp³-hybridized carbons (Fsp3) is 0.316. The second-order valence-electron chi connectivity index (χ2n) is 5.70. The highest BCUT2D eigenvalue weighted by Crippen LogP contribution is 2.26. The second kappa shape index (κ2) is 10.0. The molecule has 0 spiro atoms. The molecule has 25 heavy (non-hydrogen) atoms. The van der Waals surface area contributed by atoms with Crippen molar-refractivity contribution < 1.29 is 14.3 Å². The van der Waals surface area contributed by atoms with E-state index in [1.54, 1.807) is 0 Å². The maximum Gasteiger partial charge on any atom is 0.243 e. The standard InChI is InChI=1S/C19H24N2O3.ClH/c1-13-11-16(24-14(2)15-7-5-4-6-8-15)9-10-18(13)21-19(22)17(20)12-23-3;/h4-11,14,17H,12,20H2,1-3H3,(H,21,22);1H. The van der Waals surface area contributed by atoms with Crippen LogP contribution in [-0.4, -0.2) is 25.7 Å². The number of hydrogen-bond donors (Lipinski definition) is 2. The zero-order chi connectivity index (χ0) is 17.5. The third-order valence-corrected chi connectivity index (χ3v) is 3.72. The molecule has 0 bridgehead atoms. The van der Waals surface area contributed by atoms with Gasteiger partial charge in [0, 0.05) is 12.8 Å². The van der Waals surface area contributed by atoms with E-state index in [4.69, 9.17) is 15.2 Å². The van der Waals surface area contributed by atoms with Crippen molar-refractivity contribution in [2.24, 2.45) is 5.73 Å². The van der Waals surface area contributed by atoms with Gasteiger partial charge >= 0.3 is 0 Å². The third kappa shape index (κ3) is 6.05. The third-order valence-electron chi connectivity index (χ3n) is 3.72. The van der Waals surface area contributed by atoms with Crippen molar-refractivity contribution in [3.63, 3.8) is 0 Å². The van der Waals surface area contributed by atoms with Gasteiger partial charge in [-0.05, 0) is 43.2 Å². The highest BCUT2D eigenvalue weighted by Gasteiger charge is 2.14. The fourth-order valence-corrected chi connectivity index (χ4v) is 2.33. The molecule has 0 aliphatic rings. The largest absolute Gasteiger partial charge is 0.486 e. The van der Waals surface area contributed by atoms with Gasteiger partial charge in [-0.3, -0.25) is 4.79 Å². The van der Waals surface area contributed by atoms with Gasteiger partial charge < -0.3 is 20.5 Å². The molecule has 0 saturated carbocycles. The summed E-state index contributed by atoms with van der Waals surface area (Å²) in [6.07, 6.45) is -0.0545. The smallest absolute Gasteiger partial charge is 0.243 e. The second-order valence-corrected chi connectivity index (χ2v) is 5.70. The van der Waals surface area contributed by atoms with Crippen LogP contribution in [0, 0.1) is 6.92 Å². The average Bonchev–Trinajstić information content (AvgIpc) is 2.58. The van der Waals surface area contributed by atoms with Crippen LogP contribution in [0.15, 0.2) is 48.5 Å². The summed E-state index contributed by atoms with van der Waals surface area (Å²) >= 11 is 0. The number of methoxy groups -OCH3 is 1. The van der Waals surface area contributed by atoms with Gasteiger partial charge in [-0.1, -0.05) is 30.3 Å². The minimum absolute atomic E-state index is 0. The van der Waals surface area contributed by atoms with Crippen LogP contribution in [0.5, 0.6) is 5.75 Å². The van der Waals surface area contributed by atoms with Gasteiger partial charge in [-0.25, -0.2) is 0 Å². The SMILES string of the molecule is COCC(N)C(=O)Nc1ccc(OC(C)c2ccccc2)cc1C.Cl. The molecule has 0 fully saturated rings. The van der Waals surface area contributed by atoms with E-state index in [-0.39, 0.29) is 31.0 Å². The number of carbonyl (C=O) groups is 1. The van der Waals surface area contributed by atoms with Crippen LogP contribution in [0.2, 0.25) is 0 Å². The Balaban J connectivity index is 0.00000312. The van der Waals surface area contributed by atoms with Gasteiger partial charge in [0.2, 0.25) is 5.91 Å². The molecule has 0 aromatic heterocycles. The molecule has 6 heteroatoms. The highest BCUT2D eigenvalue weighted by molar-refractivity contribution is 5.95. The summed E-state index contributed by atoms with van der Waals surface area (Å²) in [5, 5.41) is 2.81. The molecule has 2 rings (SSSR count). The monoisotopic (exact) mass is 364 g/mol. The van der Waals surface area contributed by atoms with Gasteiger partial charge in [-0.2, -0.15) is 0 Å². The van der Waals surface area contributed by atoms with Crippen LogP contribution in [0.1, 0.15) is 24.2 Å². The number of anilines is 1. The van der Waals surface area contributed by atoms with Crippen LogP contribution in [0.25, 0.3) is 0 Å². The lowest BCUT2D eigenvalue weighted by molar-refractivity contribution is -0.118. The summed E-state index contributed by atoms with van der Waals surface area (Å²) in [7, 11) is 1.51. The van der Waals surface area contributed by atoms with Crippen molar-refractivity contribution in [1.82, 2.24) is 0 Å². The lowest BCUT2D eigenvalue weighted by Gasteiger charge is -2.17. The van der Waals surface area contributed by atoms with Crippen molar-refractivity contribution in [2.45, 2.75) is 26.0 Å². The minimum Gasteiger partial charge on any atom is -0.486 e. The van der Waals surface area contributed by atoms with E-state index in [1.807, 2.05) is 62.4 Å². The van der Waals surface area contributed by atoms with Crippen LogP contribution in [-0.2, 0) is 9.53 Å². The maximum atomic E-state index is 12.0. The van der Waals surface area contributed by atoms with Crippen molar-refractivity contribution >= 4 is 24.0 Å². The van der Waals surface area contributed by atoms with Crippen molar-refractivity contribution in [2.75, 3.05) is 19.0 Å². The Hall–Kier alpha value is -2.08. The van der Waals surface area contributed by atoms with Crippen molar-refractivity contribution in [1.29, 1.82) is 0 Å². The number of ether oxygens (including phenoxy) is 2. The first-order valence-corrected chi connectivity index (χ1v) is 7.89. The van der Waals surface area contributed by atoms with Crippen LogP contribution >= 0.6 is 12.4 Å². The molecule has 0 radical (unpaired) electrons. The van der Waals surface area contributed by atoms with E-state index in [0.717, 1.165) is 16.9 Å². The highest BCUT2D eigenvalue weighted by atomic mass is 35.5. The van der Waals surface area contributed by atoms with Gasteiger partial charge in [0.1, 0.15) is 17.9 Å². The molecule has 0 heterocycles. The number of hydrogen-bond acceptors (Lipinski definition) is 4. The Labute approximate surface area is 154 Å². The molecule has 136 valence electrons. The van der Waals surface area contributed by atoms with E-state index < -0.39 is 6.04 Å². The van der Waals surface area contributed by atoms with Crippen molar-refractivity contribution in [3.8, 4) is 5.75 Å². The molecule has 2 unspecified atom stereocenters. The summed E-state index contributed by atoms with van der Waals surface area (Å²) in [6.45, 7) is 4.10. The Kier molecular flexibility index (Phi) is 8.41. The first kappa shape index (κ1) is 21.0. The molecule has 5 nitrogen and oxygen atoms in total. The van der Waals surface area contributed by atoms with Crippen molar-refractivity contribution in [3.05, 3.63) is 59.7 Å². The molecule has 3 N–H and O–H groups in total. The summed E-state index contributed by atoms with van der Waals surface area (Å²) in [4.78, 5) is 12.0. The van der Waals surface area contributed by atoms with E-state index in [0.29, 0.717) is 5.69 Å². The molecule has 2 aromatic carbocycles. The summed E-state index contributed by atoms with van der Waals surface area (Å²) in [6, 6.07) is 14.9. The molecule has 0 saturated heterocycles. The van der Waals surface area contributed by atoms with Crippen LogP contribution < -0.4 is 15.8 Å². The number of nitrogens with two attached hydrogens (primary N) is 1. The summed E-state index contributed by atoms with van der Waals surface area (Å²) < 4.78 is 10.9. The number of halogens is 1. The Morgan fingerprint density at radius 3 is 2.48 bits per heavy atom. The number of benzene rings is 2. The topological polar surface area (TPSA) is 73.6 Å². The number of rotatable bonds is 7. The lowest BCUT2D eigenvalue weighted by atomic mass is 10.1. The van der Waals surface area contributed by atoms with Crippen LogP contribution in [0.4, 0.5) is 5.69 Å². The molecule has 0 aliphatic carbocycles. The Morgan fingerprint density at radius 1 is 1.20 bits per heavy atom. The molecule has 1 amide bonds. The normalized spacial score (nSPS) is 12.6. The molecular formula is C19H25ClN2O3. The van der Waals surface area contributed by atoms with E-state index >= 15 is 0 Å². The number of nitrogens with one attached hydrogen (secondary N) is 1. The molecule has 2 aromatic rings. The lowest BCUT2D eigenvalue weighted by Crippen LogP contribution is -2.39. The number of amides is 1. The van der Waals surface area contributed by atoms with Crippen LogP contribution in [0.3, 0.4) is 0 Å². The molecular weight excluding hydrogens is 340 g/mol. The molecule has 0 aliphatic heterocycles. The van der Waals surface area contributed by atoms with Gasteiger partial charge in [0.15, 0.2) is 0 Å². The summed E-state index contributed by atoms with van der Waals surface area (Å²) in [5.41, 5.74) is 8.46. The minimum atomic E-state index is -0.691. The van der Waals surface area contributed by atoms with Gasteiger partial charge in [0.05, 0.1) is 6.61 Å². The maximum absolute atomic E-state index is 12.0. The summed E-state index contributed by atoms with van der Waals surface area (Å²) in [5.74, 6) is 0.481. The molecule has 2 atom stereocenters. The predicted octanol–water partition coefficient (Wildman–Crippen LogP) is 3.47. The zero-order valence-corrected chi connectivity index (χ0v) is 15.5. The average molecular weight is 365 g/mol. The number of carbonyl (C=O) groups excluding carboxylic acids is 1. The Morgan fingerprint density at radius 2 is 1.88 bits per heavy atom. The first-order chi connectivity index (χ1) is 11.5. The van der Waals surface area contributed by atoms with E-state index in [1.165, 1.54) is 7.11 Å². The fourth-order valence-electron chi connectivity index (χ4n) is 2.33. The predicted molar refractivity (Wildman–Crippen MR) is 102 cm³/mol. The number of aryl methyl sites for hydroxylation is 1. The van der Waals surface area contributed by atoms with E-state index in [2.05, 4.69) is 5.32 Å². The Bertz CT molecular complexity index is 680. The van der Waals surface area contributed by atoms with Gasteiger partial charge in [-0.15, -0.1) is 12.4 Å². The quantitative estimate of drug-likeness (QED) is 0.789. The van der Waals surface area contributed by atoms with Gasteiger partial charge in [0.25, 0.3) is 0 Å².